The van der Waals surface area contributed by atoms with Crippen molar-refractivity contribution in [2.45, 2.75) is 6.42 Å². The number of nitrogens with zero attached hydrogens (tertiary/aromatic N) is 2. The Labute approximate surface area is 208 Å². The summed E-state index contributed by atoms with van der Waals surface area (Å²) in [6.45, 7) is 1.39. The van der Waals surface area contributed by atoms with Gasteiger partial charge in [-0.15, -0.1) is 0 Å². The van der Waals surface area contributed by atoms with Crippen molar-refractivity contribution in [3.8, 4) is 11.6 Å². The van der Waals surface area contributed by atoms with Crippen LogP contribution in [-0.4, -0.2) is 59.0 Å². The zero-order valence-corrected chi connectivity index (χ0v) is 20.2. The molecule has 8 heteroatoms. The number of aromatic nitrogens is 1. The van der Waals surface area contributed by atoms with Gasteiger partial charge in [0.05, 0.1) is 28.9 Å². The van der Waals surface area contributed by atoms with Crippen molar-refractivity contribution in [1.82, 2.24) is 9.88 Å². The molecule has 1 heterocycles. The average Bonchev–Trinajstić information content (AvgIpc) is 3.13. The first-order valence-corrected chi connectivity index (χ1v) is 11.5. The Hall–Kier alpha value is -3.81. The van der Waals surface area contributed by atoms with Gasteiger partial charge in [-0.2, -0.15) is 0 Å². The first-order chi connectivity index (χ1) is 16.8. The summed E-state index contributed by atoms with van der Waals surface area (Å²) in [7, 11) is 3.98. The quantitative estimate of drug-likeness (QED) is 0.277. The second-order valence-electron chi connectivity index (χ2n) is 8.41. The van der Waals surface area contributed by atoms with Gasteiger partial charge in [0, 0.05) is 22.5 Å². The van der Waals surface area contributed by atoms with E-state index >= 15 is 0 Å². The number of fused-ring (bicyclic) bond motifs is 1. The third kappa shape index (κ3) is 6.01. The highest BCUT2D eigenvalue weighted by atomic mass is 35.5. The summed E-state index contributed by atoms with van der Waals surface area (Å²) in [6, 6.07) is 19.9. The van der Waals surface area contributed by atoms with E-state index in [1.165, 1.54) is 0 Å². The van der Waals surface area contributed by atoms with Gasteiger partial charge in [0.25, 0.3) is 0 Å². The van der Waals surface area contributed by atoms with E-state index in [9.17, 15) is 9.90 Å². The summed E-state index contributed by atoms with van der Waals surface area (Å²) in [6.07, 6.45) is -0.0706. The van der Waals surface area contributed by atoms with Crippen molar-refractivity contribution >= 4 is 39.9 Å². The first kappa shape index (κ1) is 24.3. The zero-order valence-electron chi connectivity index (χ0n) is 19.5. The number of ether oxygens (including phenoxy) is 1. The van der Waals surface area contributed by atoms with Crippen LogP contribution in [-0.2, 0) is 11.2 Å². The summed E-state index contributed by atoms with van der Waals surface area (Å²) in [5.41, 5.74) is 3.85. The number of aliphatic carboxylic acids is 1. The van der Waals surface area contributed by atoms with Gasteiger partial charge in [-0.1, -0.05) is 41.9 Å². The van der Waals surface area contributed by atoms with Crippen LogP contribution in [0.5, 0.6) is 11.6 Å². The number of aliphatic imine (C=N–C) groups is 1. The lowest BCUT2D eigenvalue weighted by Gasteiger charge is -2.11. The molecule has 3 N–H and O–H groups in total. The molecule has 0 saturated carbocycles. The van der Waals surface area contributed by atoms with Gasteiger partial charge in [-0.25, -0.2) is 4.99 Å². The highest BCUT2D eigenvalue weighted by Crippen LogP contribution is 2.33. The van der Waals surface area contributed by atoms with E-state index in [2.05, 4.69) is 4.98 Å². The second-order valence-corrected chi connectivity index (χ2v) is 8.85. The molecule has 35 heavy (non-hydrogen) atoms. The highest BCUT2D eigenvalue weighted by molar-refractivity contribution is 6.31. The van der Waals surface area contributed by atoms with Gasteiger partial charge >= 0.3 is 5.97 Å². The fourth-order valence-corrected chi connectivity index (χ4v) is 3.88. The zero-order chi connectivity index (χ0) is 24.9. The van der Waals surface area contributed by atoms with E-state index in [1.807, 2.05) is 61.5 Å². The number of H-pyrrole nitrogens is 1. The summed E-state index contributed by atoms with van der Waals surface area (Å²) < 4.78 is 5.77. The lowest BCUT2D eigenvalue weighted by molar-refractivity contribution is -0.136. The first-order valence-electron chi connectivity index (χ1n) is 11.1. The second kappa shape index (κ2) is 10.6. The summed E-state index contributed by atoms with van der Waals surface area (Å²) in [5, 5.41) is 21.2. The molecule has 0 fully saturated rings. The van der Waals surface area contributed by atoms with Crippen molar-refractivity contribution in [1.29, 1.82) is 0 Å². The molecule has 0 unspecified atom stereocenters. The van der Waals surface area contributed by atoms with Gasteiger partial charge in [0.2, 0.25) is 0 Å². The van der Waals surface area contributed by atoms with Crippen LogP contribution in [0.25, 0.3) is 10.9 Å². The van der Waals surface area contributed by atoms with Crippen molar-refractivity contribution in [2.24, 2.45) is 4.99 Å². The smallest absolute Gasteiger partial charge is 0.307 e. The van der Waals surface area contributed by atoms with E-state index < -0.39 is 5.97 Å². The largest absolute Gasteiger partial charge is 0.494 e. The topological polar surface area (TPSA) is 98.2 Å². The van der Waals surface area contributed by atoms with Crippen LogP contribution in [0.3, 0.4) is 0 Å². The Balaban J connectivity index is 1.75. The number of halogens is 1. The number of nitrogens with one attached hydrogen (secondary N) is 1. The number of aromatic hydroxyl groups is 1. The maximum atomic E-state index is 11.1. The van der Waals surface area contributed by atoms with Crippen LogP contribution < -0.4 is 4.74 Å². The Morgan fingerprint density at radius 1 is 1.06 bits per heavy atom. The van der Waals surface area contributed by atoms with E-state index in [1.54, 1.807) is 24.3 Å². The monoisotopic (exact) mass is 491 g/mol. The van der Waals surface area contributed by atoms with E-state index in [0.717, 1.165) is 23.2 Å². The van der Waals surface area contributed by atoms with Crippen LogP contribution in [0.1, 0.15) is 16.7 Å². The van der Waals surface area contributed by atoms with E-state index in [4.69, 9.17) is 26.4 Å². The molecule has 0 radical (unpaired) electrons. The minimum atomic E-state index is -0.898. The number of likely N-dealkylation sites (N-methyl/N-ethyl adjacent to an activating group) is 1. The lowest BCUT2D eigenvalue weighted by Crippen LogP contribution is -2.19. The van der Waals surface area contributed by atoms with Gasteiger partial charge in [0.15, 0.2) is 5.88 Å². The molecule has 0 atom stereocenters. The van der Waals surface area contributed by atoms with Crippen LogP contribution in [0.2, 0.25) is 5.02 Å². The number of rotatable bonds is 9. The number of carboxylic acids is 1. The maximum Gasteiger partial charge on any atom is 0.307 e. The molecule has 3 aromatic carbocycles. The lowest BCUT2D eigenvalue weighted by atomic mass is 9.99. The minimum absolute atomic E-state index is 0.0285. The molecule has 0 aliphatic heterocycles. The molecule has 0 bridgehead atoms. The molecule has 4 rings (SSSR count). The molecule has 0 aliphatic carbocycles. The fraction of sp³-hybridized carbons (Fsp3) is 0.185. The Morgan fingerprint density at radius 2 is 1.77 bits per heavy atom. The Morgan fingerprint density at radius 3 is 2.43 bits per heavy atom. The Kier molecular flexibility index (Phi) is 7.39. The molecule has 180 valence electrons. The molecule has 0 amide bonds. The Bertz CT molecular complexity index is 1360. The number of benzene rings is 3. The molecule has 0 spiro atoms. The fourth-order valence-electron chi connectivity index (χ4n) is 3.71. The van der Waals surface area contributed by atoms with Crippen molar-refractivity contribution < 1.29 is 19.7 Å². The minimum Gasteiger partial charge on any atom is -0.494 e. The number of aromatic amines is 1. The van der Waals surface area contributed by atoms with Gasteiger partial charge in [0.1, 0.15) is 12.4 Å². The molecule has 7 nitrogen and oxygen atoms in total. The van der Waals surface area contributed by atoms with Crippen molar-refractivity contribution in [2.75, 3.05) is 27.2 Å². The summed E-state index contributed by atoms with van der Waals surface area (Å²) in [5.74, 6) is -0.181. The van der Waals surface area contributed by atoms with Crippen LogP contribution in [0, 0.1) is 0 Å². The number of carboxylic acid groups (broad SMARTS) is 1. The number of hydrogen-bond donors (Lipinski definition) is 3. The third-order valence-electron chi connectivity index (χ3n) is 5.45. The molecule has 4 aromatic rings. The van der Waals surface area contributed by atoms with E-state index in [-0.39, 0.29) is 12.3 Å². The van der Waals surface area contributed by atoms with Gasteiger partial charge < -0.3 is 24.8 Å². The predicted octanol–water partition coefficient (Wildman–Crippen LogP) is 5.26. The van der Waals surface area contributed by atoms with E-state index in [0.29, 0.717) is 39.7 Å². The van der Waals surface area contributed by atoms with Crippen LogP contribution >= 0.6 is 11.6 Å². The van der Waals surface area contributed by atoms with Crippen LogP contribution in [0.4, 0.5) is 5.69 Å². The van der Waals surface area contributed by atoms with Gasteiger partial charge in [-0.3, -0.25) is 4.79 Å². The number of hydrogen-bond acceptors (Lipinski definition) is 5. The molecule has 0 aliphatic rings. The third-order valence-corrected chi connectivity index (χ3v) is 5.68. The summed E-state index contributed by atoms with van der Waals surface area (Å²) in [4.78, 5) is 21.0. The number of carbonyl (C=O) groups is 1. The molecule has 0 saturated heterocycles. The highest BCUT2D eigenvalue weighted by Gasteiger charge is 2.19. The summed E-state index contributed by atoms with van der Waals surface area (Å²) >= 11 is 6.14. The normalized spacial score (nSPS) is 11.8. The molecule has 1 aromatic heterocycles. The SMILES string of the molecule is CN(C)CCOc1ccc(N=C(c2ccc(CC(=O)O)cc2)c2c(O)[nH]c3cc(Cl)ccc23)cc1. The average molecular weight is 492 g/mol. The van der Waals surface area contributed by atoms with Crippen molar-refractivity contribution in [3.05, 3.63) is 88.4 Å². The molecular weight excluding hydrogens is 466 g/mol. The standard InChI is InChI=1S/C27H26ClN3O4/c1-31(2)13-14-35-21-10-8-20(9-11-21)29-26(18-5-3-17(4-6-18)15-24(32)33)25-22-12-7-19(28)16-23(22)30-27(25)34/h3-12,16,30,34H,13-15H2,1-2H3,(H,32,33). The van der Waals surface area contributed by atoms with Crippen molar-refractivity contribution in [3.63, 3.8) is 0 Å². The van der Waals surface area contributed by atoms with Crippen LogP contribution in [0.15, 0.2) is 71.7 Å². The maximum absolute atomic E-state index is 11.1. The van der Waals surface area contributed by atoms with Gasteiger partial charge in [-0.05, 0) is 56.1 Å². The molecular formula is C27H26ClN3O4. The predicted molar refractivity (Wildman–Crippen MR) is 139 cm³/mol.